The van der Waals surface area contributed by atoms with Crippen LogP contribution in [-0.4, -0.2) is 11.6 Å². The fourth-order valence-electron chi connectivity index (χ4n) is 3.88. The minimum atomic E-state index is -0.323. The molecule has 1 fully saturated rings. The van der Waals surface area contributed by atoms with E-state index in [2.05, 4.69) is 46.4 Å². The van der Waals surface area contributed by atoms with Crippen LogP contribution in [0.15, 0.2) is 35.5 Å². The summed E-state index contributed by atoms with van der Waals surface area (Å²) in [6.45, 7) is 12.4. The van der Waals surface area contributed by atoms with Crippen molar-refractivity contribution < 1.29 is 9.59 Å². The van der Waals surface area contributed by atoms with Crippen LogP contribution in [0.25, 0.3) is 0 Å². The van der Waals surface area contributed by atoms with Crippen LogP contribution in [-0.2, 0) is 9.59 Å². The minimum absolute atomic E-state index is 0.0281. The van der Waals surface area contributed by atoms with E-state index in [1.54, 1.807) is 0 Å². The molecule has 2 heteroatoms. The summed E-state index contributed by atoms with van der Waals surface area (Å²) in [5, 5.41) is 0. The minimum Gasteiger partial charge on any atom is -0.299 e. The van der Waals surface area contributed by atoms with Crippen molar-refractivity contribution in [1.82, 2.24) is 0 Å². The van der Waals surface area contributed by atoms with Gasteiger partial charge in [-0.25, -0.2) is 0 Å². The zero-order chi connectivity index (χ0) is 16.5. The lowest BCUT2D eigenvalue weighted by atomic mass is 9.75. The van der Waals surface area contributed by atoms with E-state index in [4.69, 9.17) is 0 Å². The molecule has 0 aromatic carbocycles. The van der Waals surface area contributed by atoms with Gasteiger partial charge in [0, 0.05) is 24.2 Å². The number of carbonyl (C=O) groups excluding carboxylic acids is 2. The Hall–Kier alpha value is -1.44. The predicted octanol–water partition coefficient (Wildman–Crippen LogP) is 4.81. The molecule has 0 N–H and O–H groups in total. The van der Waals surface area contributed by atoms with Gasteiger partial charge in [-0.2, -0.15) is 0 Å². The van der Waals surface area contributed by atoms with E-state index in [1.165, 1.54) is 11.1 Å². The first-order valence-electron chi connectivity index (χ1n) is 8.34. The molecule has 0 amide bonds. The second kappa shape index (κ2) is 6.36. The summed E-state index contributed by atoms with van der Waals surface area (Å²) in [5.74, 6) is 0.673. The summed E-state index contributed by atoms with van der Waals surface area (Å²) in [6, 6.07) is 0. The number of fused-ring (bicyclic) bond motifs is 1. The van der Waals surface area contributed by atoms with Gasteiger partial charge in [-0.1, -0.05) is 50.6 Å². The molecule has 2 nitrogen and oxygen atoms in total. The van der Waals surface area contributed by atoms with E-state index in [0.29, 0.717) is 24.2 Å². The summed E-state index contributed by atoms with van der Waals surface area (Å²) in [6.07, 6.45) is 7.81. The van der Waals surface area contributed by atoms with Crippen molar-refractivity contribution in [3.05, 3.63) is 35.5 Å². The number of carbonyl (C=O) groups is 2. The summed E-state index contributed by atoms with van der Waals surface area (Å²) in [5.41, 5.74) is 2.87. The monoisotopic (exact) mass is 300 g/mol. The smallest absolute Gasteiger partial charge is 0.159 e. The van der Waals surface area contributed by atoms with E-state index in [1.807, 2.05) is 0 Å². The fraction of sp³-hybridized carbons (Fsp3) is 0.600. The maximum Gasteiger partial charge on any atom is 0.159 e. The average molecular weight is 300 g/mol. The Morgan fingerprint density at radius 3 is 2.55 bits per heavy atom. The first-order valence-corrected chi connectivity index (χ1v) is 8.34. The molecular weight excluding hydrogens is 272 g/mol. The van der Waals surface area contributed by atoms with Gasteiger partial charge in [-0.3, -0.25) is 9.59 Å². The van der Waals surface area contributed by atoms with Crippen LogP contribution in [0.1, 0.15) is 59.8 Å². The highest BCUT2D eigenvalue weighted by Gasteiger charge is 2.47. The Morgan fingerprint density at radius 1 is 1.23 bits per heavy atom. The third kappa shape index (κ3) is 3.31. The molecule has 22 heavy (non-hydrogen) atoms. The molecule has 0 radical (unpaired) electrons. The van der Waals surface area contributed by atoms with Gasteiger partial charge in [-0.05, 0) is 37.7 Å². The Bertz CT molecular complexity index is 562. The van der Waals surface area contributed by atoms with E-state index in [0.717, 1.165) is 19.3 Å². The Kier molecular flexibility index (Phi) is 4.89. The Morgan fingerprint density at radius 2 is 1.91 bits per heavy atom. The number of rotatable bonds is 1. The summed E-state index contributed by atoms with van der Waals surface area (Å²) in [7, 11) is 0. The van der Waals surface area contributed by atoms with Gasteiger partial charge in [0.15, 0.2) is 5.78 Å². The van der Waals surface area contributed by atoms with Crippen LogP contribution in [0.2, 0.25) is 0 Å². The maximum absolute atomic E-state index is 12.5. The summed E-state index contributed by atoms with van der Waals surface area (Å²) >= 11 is 0. The third-order valence-corrected chi connectivity index (χ3v) is 5.14. The highest BCUT2D eigenvalue weighted by Crippen LogP contribution is 2.50. The quantitative estimate of drug-likeness (QED) is 0.514. The van der Waals surface area contributed by atoms with Crippen molar-refractivity contribution in [3.63, 3.8) is 0 Å². The maximum atomic E-state index is 12.5. The molecule has 2 aliphatic rings. The molecular formula is C20H28O2. The van der Waals surface area contributed by atoms with Crippen molar-refractivity contribution in [2.75, 3.05) is 0 Å². The van der Waals surface area contributed by atoms with Crippen molar-refractivity contribution in [1.29, 1.82) is 0 Å². The van der Waals surface area contributed by atoms with Gasteiger partial charge in [0.05, 0.1) is 0 Å². The third-order valence-electron chi connectivity index (χ3n) is 5.14. The van der Waals surface area contributed by atoms with Crippen molar-refractivity contribution in [2.24, 2.45) is 17.3 Å². The van der Waals surface area contributed by atoms with Crippen LogP contribution in [0, 0.1) is 17.3 Å². The zero-order valence-corrected chi connectivity index (χ0v) is 14.4. The first kappa shape index (κ1) is 16.9. The van der Waals surface area contributed by atoms with Gasteiger partial charge in [-0.15, -0.1) is 0 Å². The SMILES string of the molecule is C=C1CC/C=C(\C)C/C=C2\[C@@H](C(C)C)C(=O)C[C@]2(C)CC1=O. The van der Waals surface area contributed by atoms with Gasteiger partial charge < -0.3 is 0 Å². The predicted molar refractivity (Wildman–Crippen MR) is 90.5 cm³/mol. The molecule has 0 heterocycles. The molecule has 120 valence electrons. The Labute approximate surface area is 134 Å². The Balaban J connectivity index is 2.46. The fourth-order valence-corrected chi connectivity index (χ4v) is 3.88. The molecule has 2 aliphatic carbocycles. The average Bonchev–Trinajstić information content (AvgIpc) is 2.65. The van der Waals surface area contributed by atoms with E-state index >= 15 is 0 Å². The highest BCUT2D eigenvalue weighted by atomic mass is 16.1. The van der Waals surface area contributed by atoms with Crippen LogP contribution in [0.3, 0.4) is 0 Å². The highest BCUT2D eigenvalue weighted by molar-refractivity contribution is 5.97. The van der Waals surface area contributed by atoms with Crippen molar-refractivity contribution in [2.45, 2.75) is 59.8 Å². The number of hydrogen-bond donors (Lipinski definition) is 0. The molecule has 0 spiro atoms. The lowest BCUT2D eigenvalue weighted by Crippen LogP contribution is -2.22. The molecule has 0 saturated heterocycles. The van der Waals surface area contributed by atoms with Crippen molar-refractivity contribution in [3.8, 4) is 0 Å². The molecule has 0 aliphatic heterocycles. The lowest BCUT2D eigenvalue weighted by Gasteiger charge is -2.28. The van der Waals surface area contributed by atoms with Crippen LogP contribution in [0.4, 0.5) is 0 Å². The van der Waals surface area contributed by atoms with E-state index in [-0.39, 0.29) is 23.0 Å². The second-order valence-electron chi connectivity index (χ2n) is 7.58. The molecule has 0 bridgehead atoms. The molecule has 0 aromatic heterocycles. The standard InChI is InChI=1S/C20H28O2/c1-13(2)19-16-10-9-14(3)7-6-8-15(4)17(21)11-20(16,5)12-18(19)22/h7,10,13,19H,4,6,8-9,11-12H2,1-3,5H3/b14-7+,16-10+/t19-,20+/m1/s1. The number of Topliss-reactive ketones (excluding diaryl/α,β-unsaturated/α-hetero) is 2. The summed E-state index contributed by atoms with van der Waals surface area (Å²) < 4.78 is 0. The van der Waals surface area contributed by atoms with Gasteiger partial charge in [0.1, 0.15) is 5.78 Å². The lowest BCUT2D eigenvalue weighted by molar-refractivity contribution is -0.121. The van der Waals surface area contributed by atoms with Crippen LogP contribution in [0.5, 0.6) is 0 Å². The zero-order valence-electron chi connectivity index (χ0n) is 14.4. The van der Waals surface area contributed by atoms with Gasteiger partial charge >= 0.3 is 0 Å². The van der Waals surface area contributed by atoms with Crippen molar-refractivity contribution >= 4 is 11.6 Å². The number of ketones is 2. The summed E-state index contributed by atoms with van der Waals surface area (Å²) in [4.78, 5) is 25.0. The van der Waals surface area contributed by atoms with Gasteiger partial charge in [0.25, 0.3) is 0 Å². The van der Waals surface area contributed by atoms with Crippen LogP contribution < -0.4 is 0 Å². The first-order chi connectivity index (χ1) is 10.2. The van der Waals surface area contributed by atoms with Gasteiger partial charge in [0.2, 0.25) is 0 Å². The largest absolute Gasteiger partial charge is 0.299 e. The normalized spacial score (nSPS) is 35.5. The number of allylic oxidation sites excluding steroid dienone is 5. The number of hydrogen-bond acceptors (Lipinski definition) is 2. The van der Waals surface area contributed by atoms with E-state index < -0.39 is 0 Å². The molecule has 2 atom stereocenters. The molecule has 0 aromatic rings. The molecule has 2 rings (SSSR count). The molecule has 1 saturated carbocycles. The van der Waals surface area contributed by atoms with E-state index in [9.17, 15) is 9.59 Å². The second-order valence-corrected chi connectivity index (χ2v) is 7.58. The topological polar surface area (TPSA) is 34.1 Å². The molecule has 0 unspecified atom stereocenters. The van der Waals surface area contributed by atoms with Crippen LogP contribution >= 0.6 is 0 Å².